The molecule has 8 nitrogen and oxygen atoms in total. The van der Waals surface area contributed by atoms with Crippen LogP contribution in [0.3, 0.4) is 0 Å². The van der Waals surface area contributed by atoms with Crippen LogP contribution in [0.2, 0.25) is 0 Å². The maximum Gasteiger partial charge on any atom is 0.355 e. The second-order valence-electron chi connectivity index (χ2n) is 6.84. The Bertz CT molecular complexity index is 709. The van der Waals surface area contributed by atoms with Crippen molar-refractivity contribution in [3.05, 3.63) is 22.5 Å². The Kier molecular flexibility index (Phi) is 9.18. The van der Waals surface area contributed by atoms with Crippen LogP contribution in [0.4, 0.5) is 4.79 Å². The Morgan fingerprint density at radius 1 is 1.18 bits per heavy atom. The standard InChI is InChI=1S/C20H33N3O5/c1-8-23-15(6)17(14(5)18(23)19(25)28-9-2)16(24)12-22(10-11-27-7)20(26)21-13(3)4/h13H,8-12H2,1-7H3,(H,21,26). The highest BCUT2D eigenvalue weighted by molar-refractivity contribution is 6.04. The number of aromatic nitrogens is 1. The zero-order chi connectivity index (χ0) is 21.4. The predicted octanol–water partition coefficient (Wildman–Crippen LogP) is 2.55. The van der Waals surface area contributed by atoms with Crippen LogP contribution in [0, 0.1) is 13.8 Å². The fourth-order valence-corrected chi connectivity index (χ4v) is 3.21. The topological polar surface area (TPSA) is 89.9 Å². The molecule has 0 aliphatic carbocycles. The van der Waals surface area contributed by atoms with Crippen molar-refractivity contribution >= 4 is 17.8 Å². The highest BCUT2D eigenvalue weighted by Gasteiger charge is 2.28. The van der Waals surface area contributed by atoms with E-state index in [1.165, 1.54) is 4.90 Å². The number of urea groups is 1. The van der Waals surface area contributed by atoms with E-state index < -0.39 is 5.97 Å². The van der Waals surface area contributed by atoms with Crippen molar-refractivity contribution in [3.63, 3.8) is 0 Å². The zero-order valence-electron chi connectivity index (χ0n) is 18.0. The summed E-state index contributed by atoms with van der Waals surface area (Å²) < 4.78 is 12.0. The van der Waals surface area contributed by atoms with Crippen molar-refractivity contribution < 1.29 is 23.9 Å². The molecular formula is C20H33N3O5. The maximum atomic E-state index is 13.1. The number of carbonyl (C=O) groups is 3. The summed E-state index contributed by atoms with van der Waals surface area (Å²) in [5.74, 6) is -0.666. The number of hydrogen-bond acceptors (Lipinski definition) is 5. The summed E-state index contributed by atoms with van der Waals surface area (Å²) >= 11 is 0. The number of ether oxygens (including phenoxy) is 2. The SMILES string of the molecule is CCOC(=O)c1c(C)c(C(=O)CN(CCOC)C(=O)NC(C)C)c(C)n1CC. The van der Waals surface area contributed by atoms with Crippen LogP contribution in [0.1, 0.15) is 59.8 Å². The van der Waals surface area contributed by atoms with Gasteiger partial charge in [-0.2, -0.15) is 0 Å². The average Bonchev–Trinajstić information content (AvgIpc) is 2.87. The van der Waals surface area contributed by atoms with Gasteiger partial charge in [0, 0.05) is 37.5 Å². The van der Waals surface area contributed by atoms with E-state index in [4.69, 9.17) is 9.47 Å². The third-order valence-corrected chi connectivity index (χ3v) is 4.43. The first kappa shape index (κ1) is 23.7. The first-order valence-electron chi connectivity index (χ1n) is 9.63. The number of nitrogens with zero attached hydrogens (tertiary/aromatic N) is 2. The molecule has 1 aromatic heterocycles. The molecule has 0 bridgehead atoms. The lowest BCUT2D eigenvalue weighted by atomic mass is 10.1. The van der Waals surface area contributed by atoms with Crippen LogP contribution in [-0.2, 0) is 16.0 Å². The van der Waals surface area contributed by atoms with Gasteiger partial charge in [-0.05, 0) is 47.1 Å². The van der Waals surface area contributed by atoms with Gasteiger partial charge in [-0.3, -0.25) is 4.79 Å². The minimum Gasteiger partial charge on any atom is -0.461 e. The number of nitrogens with one attached hydrogen (secondary N) is 1. The highest BCUT2D eigenvalue weighted by Crippen LogP contribution is 2.24. The second-order valence-corrected chi connectivity index (χ2v) is 6.84. The Morgan fingerprint density at radius 3 is 2.32 bits per heavy atom. The molecule has 0 aliphatic rings. The molecule has 1 aromatic rings. The van der Waals surface area contributed by atoms with Crippen LogP contribution in [0.5, 0.6) is 0 Å². The summed E-state index contributed by atoms with van der Waals surface area (Å²) in [5, 5.41) is 2.80. The Hall–Kier alpha value is -2.35. The van der Waals surface area contributed by atoms with Crippen molar-refractivity contribution in [3.8, 4) is 0 Å². The van der Waals surface area contributed by atoms with E-state index in [1.54, 1.807) is 32.4 Å². The molecule has 1 N–H and O–H groups in total. The number of ketones is 1. The molecule has 0 spiro atoms. The van der Waals surface area contributed by atoms with Gasteiger partial charge < -0.3 is 24.3 Å². The number of esters is 1. The predicted molar refractivity (Wildman–Crippen MR) is 107 cm³/mol. The van der Waals surface area contributed by atoms with E-state index in [2.05, 4.69) is 5.32 Å². The smallest absolute Gasteiger partial charge is 0.355 e. The first-order chi connectivity index (χ1) is 13.2. The van der Waals surface area contributed by atoms with Crippen molar-refractivity contribution in [1.82, 2.24) is 14.8 Å². The van der Waals surface area contributed by atoms with E-state index >= 15 is 0 Å². The van der Waals surface area contributed by atoms with E-state index in [-0.39, 0.29) is 37.6 Å². The monoisotopic (exact) mass is 395 g/mol. The highest BCUT2D eigenvalue weighted by atomic mass is 16.5. The summed E-state index contributed by atoms with van der Waals surface area (Å²) in [5.41, 5.74) is 2.13. The fourth-order valence-electron chi connectivity index (χ4n) is 3.21. The molecule has 158 valence electrons. The summed E-state index contributed by atoms with van der Waals surface area (Å²) in [6, 6.07) is -0.371. The van der Waals surface area contributed by atoms with Crippen LogP contribution in [-0.4, -0.2) is 66.7 Å². The molecule has 0 radical (unpaired) electrons. The Morgan fingerprint density at radius 2 is 1.82 bits per heavy atom. The molecule has 0 saturated carbocycles. The largest absolute Gasteiger partial charge is 0.461 e. The van der Waals surface area contributed by atoms with Crippen LogP contribution in [0.25, 0.3) is 0 Å². The van der Waals surface area contributed by atoms with Crippen molar-refractivity contribution in [2.45, 2.75) is 54.1 Å². The molecule has 0 aromatic carbocycles. The summed E-state index contributed by atoms with van der Waals surface area (Å²) in [6.07, 6.45) is 0. The summed E-state index contributed by atoms with van der Waals surface area (Å²) in [7, 11) is 1.54. The fraction of sp³-hybridized carbons (Fsp3) is 0.650. The molecule has 1 heterocycles. The van der Waals surface area contributed by atoms with Gasteiger partial charge in [-0.1, -0.05) is 0 Å². The molecule has 8 heteroatoms. The molecule has 0 saturated heterocycles. The summed E-state index contributed by atoms with van der Waals surface area (Å²) in [4.78, 5) is 39.3. The van der Waals surface area contributed by atoms with Gasteiger partial charge in [-0.15, -0.1) is 0 Å². The van der Waals surface area contributed by atoms with Gasteiger partial charge in [0.1, 0.15) is 5.69 Å². The van der Waals surface area contributed by atoms with E-state index in [0.29, 0.717) is 35.7 Å². The van der Waals surface area contributed by atoms with E-state index in [1.807, 2.05) is 20.8 Å². The number of carbonyl (C=O) groups excluding carboxylic acids is 3. The first-order valence-corrected chi connectivity index (χ1v) is 9.63. The third kappa shape index (κ3) is 5.58. The van der Waals surface area contributed by atoms with Crippen molar-refractivity contribution in [1.29, 1.82) is 0 Å². The average molecular weight is 396 g/mol. The Balaban J connectivity index is 3.21. The van der Waals surface area contributed by atoms with Crippen LogP contribution >= 0.6 is 0 Å². The molecule has 0 atom stereocenters. The van der Waals surface area contributed by atoms with E-state index in [9.17, 15) is 14.4 Å². The molecule has 1 rings (SSSR count). The number of rotatable bonds is 10. The molecule has 0 unspecified atom stereocenters. The van der Waals surface area contributed by atoms with Gasteiger partial charge >= 0.3 is 12.0 Å². The molecule has 0 aliphatic heterocycles. The molecule has 0 fully saturated rings. The minimum atomic E-state index is -0.446. The molecule has 2 amide bonds. The lowest BCUT2D eigenvalue weighted by molar-refractivity contribution is 0.0512. The van der Waals surface area contributed by atoms with Crippen LogP contribution < -0.4 is 5.32 Å². The number of methoxy groups -OCH3 is 1. The quantitative estimate of drug-likeness (QED) is 0.486. The maximum absolute atomic E-state index is 13.1. The summed E-state index contributed by atoms with van der Waals surface area (Å²) in [6.45, 7) is 12.2. The zero-order valence-corrected chi connectivity index (χ0v) is 18.0. The normalized spacial score (nSPS) is 10.9. The lowest BCUT2D eigenvalue weighted by Gasteiger charge is -2.23. The van der Waals surface area contributed by atoms with Crippen molar-refractivity contribution in [2.24, 2.45) is 0 Å². The van der Waals surface area contributed by atoms with E-state index in [0.717, 1.165) is 0 Å². The Labute approximate surface area is 167 Å². The van der Waals surface area contributed by atoms with Crippen LogP contribution in [0.15, 0.2) is 0 Å². The number of Topliss-reactive ketones (excluding diaryl/α,β-unsaturated/α-hetero) is 1. The van der Waals surface area contributed by atoms with Gasteiger partial charge in [0.05, 0.1) is 19.8 Å². The van der Waals surface area contributed by atoms with Crippen molar-refractivity contribution in [2.75, 3.05) is 33.4 Å². The second kappa shape index (κ2) is 10.8. The minimum absolute atomic E-state index is 0.0484. The van der Waals surface area contributed by atoms with Gasteiger partial charge in [-0.25, -0.2) is 9.59 Å². The lowest BCUT2D eigenvalue weighted by Crippen LogP contribution is -2.46. The van der Waals surface area contributed by atoms with Gasteiger partial charge in [0.25, 0.3) is 0 Å². The van der Waals surface area contributed by atoms with Gasteiger partial charge in [0.15, 0.2) is 5.78 Å². The molecule has 28 heavy (non-hydrogen) atoms. The third-order valence-electron chi connectivity index (χ3n) is 4.43. The number of hydrogen-bond donors (Lipinski definition) is 1. The number of amides is 2. The van der Waals surface area contributed by atoms with Gasteiger partial charge in [0.2, 0.25) is 0 Å². The molecular weight excluding hydrogens is 362 g/mol.